The maximum absolute atomic E-state index is 9.13. The molecule has 0 spiro atoms. The van der Waals surface area contributed by atoms with E-state index in [-0.39, 0.29) is 6.04 Å². The number of para-hydroxylation sites is 1. The highest BCUT2D eigenvalue weighted by Gasteiger charge is 2.16. The molecular weight excluding hydrogens is 252 g/mol. The fraction of sp³-hybridized carbons (Fsp3) is 0.214. The number of hydrogen-bond acceptors (Lipinski definition) is 4. The third-order valence-corrected chi connectivity index (χ3v) is 3.32. The summed E-state index contributed by atoms with van der Waals surface area (Å²) in [5.41, 5.74) is 8.09. The molecule has 1 unspecified atom stereocenters. The van der Waals surface area contributed by atoms with Crippen molar-refractivity contribution in [2.75, 3.05) is 5.73 Å². The zero-order chi connectivity index (χ0) is 14.1. The van der Waals surface area contributed by atoms with E-state index in [1.807, 2.05) is 33.6 Å². The number of aromatic nitrogens is 4. The molecule has 0 fully saturated rings. The van der Waals surface area contributed by atoms with Crippen molar-refractivity contribution in [3.63, 3.8) is 0 Å². The van der Waals surface area contributed by atoms with Crippen LogP contribution in [0.2, 0.25) is 0 Å². The van der Waals surface area contributed by atoms with Crippen LogP contribution in [0.1, 0.15) is 18.5 Å². The predicted octanol–water partition coefficient (Wildman–Crippen LogP) is 1.95. The molecule has 0 saturated carbocycles. The minimum absolute atomic E-state index is 0.0915. The highest BCUT2D eigenvalue weighted by Crippen LogP contribution is 2.25. The minimum Gasteiger partial charge on any atom is -0.369 e. The Balaban J connectivity index is 2.07. The highest BCUT2D eigenvalue weighted by atomic mass is 15.3. The standard InChI is InChI=1S/C14H14N6/c1-10(9-19-7-3-6-17-19)20-12-5-2-4-11(8-15)13(12)18-14(20)16/h2-7,10H,9H2,1H3,(H2,16,18). The van der Waals surface area contributed by atoms with Gasteiger partial charge in [0.05, 0.1) is 23.7 Å². The Bertz CT molecular complexity index is 778. The lowest BCUT2D eigenvalue weighted by molar-refractivity contribution is 0.450. The first-order valence-electron chi connectivity index (χ1n) is 6.34. The maximum Gasteiger partial charge on any atom is 0.201 e. The molecule has 1 aromatic carbocycles. The molecule has 6 nitrogen and oxygen atoms in total. The summed E-state index contributed by atoms with van der Waals surface area (Å²) in [5, 5.41) is 13.3. The number of benzene rings is 1. The summed E-state index contributed by atoms with van der Waals surface area (Å²) in [6.07, 6.45) is 3.66. The molecule has 20 heavy (non-hydrogen) atoms. The van der Waals surface area contributed by atoms with Gasteiger partial charge in [0.2, 0.25) is 5.95 Å². The molecule has 0 aliphatic rings. The Morgan fingerprint density at radius 2 is 2.25 bits per heavy atom. The second-order valence-corrected chi connectivity index (χ2v) is 4.70. The monoisotopic (exact) mass is 266 g/mol. The third-order valence-electron chi connectivity index (χ3n) is 3.32. The Hall–Kier alpha value is -2.81. The van der Waals surface area contributed by atoms with Crippen LogP contribution >= 0.6 is 0 Å². The van der Waals surface area contributed by atoms with E-state index < -0.39 is 0 Å². The Morgan fingerprint density at radius 3 is 2.95 bits per heavy atom. The zero-order valence-corrected chi connectivity index (χ0v) is 11.1. The Labute approximate surface area is 116 Å². The van der Waals surface area contributed by atoms with Gasteiger partial charge in [0.25, 0.3) is 0 Å². The van der Waals surface area contributed by atoms with E-state index in [1.54, 1.807) is 12.3 Å². The first-order chi connectivity index (χ1) is 9.70. The van der Waals surface area contributed by atoms with E-state index >= 15 is 0 Å². The van der Waals surface area contributed by atoms with Crippen molar-refractivity contribution >= 4 is 17.0 Å². The number of anilines is 1. The summed E-state index contributed by atoms with van der Waals surface area (Å²) >= 11 is 0. The van der Waals surface area contributed by atoms with E-state index in [2.05, 4.69) is 23.1 Å². The Kier molecular flexibility index (Phi) is 2.88. The summed E-state index contributed by atoms with van der Waals surface area (Å²) in [6.45, 7) is 2.75. The van der Waals surface area contributed by atoms with Gasteiger partial charge in [0, 0.05) is 12.4 Å². The molecule has 2 aromatic heterocycles. The second-order valence-electron chi connectivity index (χ2n) is 4.70. The van der Waals surface area contributed by atoms with E-state index in [4.69, 9.17) is 11.0 Å². The van der Waals surface area contributed by atoms with Crippen molar-refractivity contribution in [3.05, 3.63) is 42.2 Å². The van der Waals surface area contributed by atoms with Gasteiger partial charge in [-0.3, -0.25) is 4.68 Å². The normalized spacial score (nSPS) is 12.4. The average molecular weight is 266 g/mol. The van der Waals surface area contributed by atoms with E-state index in [9.17, 15) is 0 Å². The molecule has 2 heterocycles. The average Bonchev–Trinajstić information content (AvgIpc) is 3.04. The van der Waals surface area contributed by atoms with Crippen molar-refractivity contribution < 1.29 is 0 Å². The first kappa shape index (κ1) is 12.2. The van der Waals surface area contributed by atoms with Gasteiger partial charge in [0.1, 0.15) is 11.6 Å². The molecule has 0 bridgehead atoms. The number of fused-ring (bicyclic) bond motifs is 1. The lowest BCUT2D eigenvalue weighted by atomic mass is 10.2. The number of rotatable bonds is 3. The lowest BCUT2D eigenvalue weighted by Crippen LogP contribution is -2.15. The van der Waals surface area contributed by atoms with Crippen LogP contribution < -0.4 is 5.73 Å². The van der Waals surface area contributed by atoms with Gasteiger partial charge < -0.3 is 10.3 Å². The van der Waals surface area contributed by atoms with Gasteiger partial charge in [0.15, 0.2) is 0 Å². The summed E-state index contributed by atoms with van der Waals surface area (Å²) in [6, 6.07) is 9.65. The van der Waals surface area contributed by atoms with Gasteiger partial charge in [-0.1, -0.05) is 6.07 Å². The fourth-order valence-corrected chi connectivity index (χ4v) is 2.45. The number of nitriles is 1. The highest BCUT2D eigenvalue weighted by molar-refractivity contribution is 5.84. The molecule has 0 saturated heterocycles. The smallest absolute Gasteiger partial charge is 0.201 e. The lowest BCUT2D eigenvalue weighted by Gasteiger charge is -2.16. The van der Waals surface area contributed by atoms with Crippen molar-refractivity contribution in [2.45, 2.75) is 19.5 Å². The molecule has 0 aliphatic carbocycles. The van der Waals surface area contributed by atoms with Crippen molar-refractivity contribution in [1.29, 1.82) is 5.26 Å². The number of hydrogen-bond donors (Lipinski definition) is 1. The topological polar surface area (TPSA) is 85.4 Å². The van der Waals surface area contributed by atoms with E-state index in [0.29, 0.717) is 23.6 Å². The summed E-state index contributed by atoms with van der Waals surface area (Å²) < 4.78 is 3.79. The number of nitrogens with zero attached hydrogens (tertiary/aromatic N) is 5. The molecule has 0 radical (unpaired) electrons. The van der Waals surface area contributed by atoms with Crippen LogP contribution in [0.5, 0.6) is 0 Å². The SMILES string of the molecule is CC(Cn1cccn1)n1c(N)nc2c(C#N)cccc21. The molecule has 100 valence electrons. The summed E-state index contributed by atoms with van der Waals surface area (Å²) in [7, 11) is 0. The Morgan fingerprint density at radius 1 is 1.40 bits per heavy atom. The molecular formula is C14H14N6. The van der Waals surface area contributed by atoms with Gasteiger partial charge in [-0.05, 0) is 25.1 Å². The minimum atomic E-state index is 0.0915. The van der Waals surface area contributed by atoms with Crippen molar-refractivity contribution in [1.82, 2.24) is 19.3 Å². The van der Waals surface area contributed by atoms with Gasteiger partial charge in [-0.25, -0.2) is 4.98 Å². The third kappa shape index (κ3) is 1.89. The van der Waals surface area contributed by atoms with Crippen LogP contribution in [-0.2, 0) is 6.54 Å². The van der Waals surface area contributed by atoms with E-state index in [0.717, 1.165) is 5.52 Å². The van der Waals surface area contributed by atoms with Gasteiger partial charge in [-0.15, -0.1) is 0 Å². The quantitative estimate of drug-likeness (QED) is 0.785. The predicted molar refractivity (Wildman–Crippen MR) is 75.8 cm³/mol. The second kappa shape index (κ2) is 4.70. The first-order valence-corrected chi connectivity index (χ1v) is 6.34. The van der Waals surface area contributed by atoms with Crippen LogP contribution in [0.15, 0.2) is 36.7 Å². The van der Waals surface area contributed by atoms with Crippen LogP contribution in [0.3, 0.4) is 0 Å². The van der Waals surface area contributed by atoms with Gasteiger partial charge in [-0.2, -0.15) is 10.4 Å². The molecule has 3 aromatic rings. The van der Waals surface area contributed by atoms with Crippen LogP contribution in [0, 0.1) is 11.3 Å². The molecule has 0 aliphatic heterocycles. The number of nitrogen functional groups attached to an aromatic ring is 1. The summed E-state index contributed by atoms with van der Waals surface area (Å²) in [5.74, 6) is 0.419. The zero-order valence-electron chi connectivity index (χ0n) is 11.1. The molecule has 3 rings (SSSR count). The summed E-state index contributed by atoms with van der Waals surface area (Å²) in [4.78, 5) is 4.32. The molecule has 0 amide bonds. The largest absolute Gasteiger partial charge is 0.369 e. The van der Waals surface area contributed by atoms with Crippen molar-refractivity contribution in [3.8, 4) is 6.07 Å². The van der Waals surface area contributed by atoms with E-state index in [1.165, 1.54) is 0 Å². The molecule has 1 atom stereocenters. The molecule has 6 heteroatoms. The number of imidazole rings is 1. The van der Waals surface area contributed by atoms with Crippen molar-refractivity contribution in [2.24, 2.45) is 0 Å². The van der Waals surface area contributed by atoms with Crippen LogP contribution in [-0.4, -0.2) is 19.3 Å². The van der Waals surface area contributed by atoms with Crippen LogP contribution in [0.25, 0.3) is 11.0 Å². The fourth-order valence-electron chi connectivity index (χ4n) is 2.45. The number of nitrogens with two attached hydrogens (primary N) is 1. The maximum atomic E-state index is 9.13. The van der Waals surface area contributed by atoms with Crippen LogP contribution in [0.4, 0.5) is 5.95 Å². The van der Waals surface area contributed by atoms with Gasteiger partial charge >= 0.3 is 0 Å². The molecule has 2 N–H and O–H groups in total.